The molecule has 0 saturated carbocycles. The summed E-state index contributed by atoms with van der Waals surface area (Å²) in [5.74, 6) is -2.02. The van der Waals surface area contributed by atoms with Gasteiger partial charge in [0.1, 0.15) is 6.04 Å². The van der Waals surface area contributed by atoms with Crippen LogP contribution >= 0.6 is 11.6 Å². The Labute approximate surface area is 121 Å². The number of rotatable bonds is 5. The summed E-state index contributed by atoms with van der Waals surface area (Å²) < 4.78 is 4.78. The minimum Gasteiger partial charge on any atom is -0.451 e. The highest BCUT2D eigenvalue weighted by Crippen LogP contribution is 2.14. The fourth-order valence-corrected chi connectivity index (χ4v) is 1.53. The third-order valence-electron chi connectivity index (χ3n) is 2.51. The maximum Gasteiger partial charge on any atom is 0.329 e. The Kier molecular flexibility index (Phi) is 5.52. The summed E-state index contributed by atoms with van der Waals surface area (Å²) in [7, 11) is 0. The van der Waals surface area contributed by atoms with Crippen LogP contribution in [-0.2, 0) is 14.3 Å². The van der Waals surface area contributed by atoms with Crippen molar-refractivity contribution in [3.63, 3.8) is 0 Å². The molecule has 0 unspecified atom stereocenters. The zero-order chi connectivity index (χ0) is 15.3. The lowest BCUT2D eigenvalue weighted by atomic mass is 10.2. The van der Waals surface area contributed by atoms with E-state index in [1.165, 1.54) is 19.9 Å². The molecule has 0 spiro atoms. The Bertz CT molecular complexity index is 533. The molecular formula is C13H15ClN2O4. The topological polar surface area (TPSA) is 98.5 Å². The molecule has 2 atom stereocenters. The number of carbonyl (C=O) groups excluding carboxylic acids is 3. The third kappa shape index (κ3) is 4.24. The Balaban J connectivity index is 2.64. The van der Waals surface area contributed by atoms with Gasteiger partial charge in [-0.1, -0.05) is 23.7 Å². The van der Waals surface area contributed by atoms with Gasteiger partial charge in [-0.05, 0) is 26.0 Å². The van der Waals surface area contributed by atoms with Gasteiger partial charge < -0.3 is 15.8 Å². The standard InChI is InChI=1S/C13H15ClN2O4/c1-7(13(19)20-8(2)11(15)17)16-12(18)9-5-3-4-6-10(9)14/h3-8H,1-2H3,(H2,15,17)(H,16,18)/t7-,8+/m0/s1. The van der Waals surface area contributed by atoms with E-state index < -0.39 is 29.9 Å². The van der Waals surface area contributed by atoms with Gasteiger partial charge in [0, 0.05) is 0 Å². The lowest BCUT2D eigenvalue weighted by Gasteiger charge is -2.16. The molecule has 20 heavy (non-hydrogen) atoms. The van der Waals surface area contributed by atoms with Crippen LogP contribution < -0.4 is 11.1 Å². The normalized spacial score (nSPS) is 13.2. The molecular weight excluding hydrogens is 284 g/mol. The molecule has 7 heteroatoms. The van der Waals surface area contributed by atoms with E-state index in [9.17, 15) is 14.4 Å². The van der Waals surface area contributed by atoms with Crippen molar-refractivity contribution in [1.82, 2.24) is 5.32 Å². The number of nitrogens with one attached hydrogen (secondary N) is 1. The van der Waals surface area contributed by atoms with E-state index >= 15 is 0 Å². The van der Waals surface area contributed by atoms with Gasteiger partial charge in [0.05, 0.1) is 10.6 Å². The average molecular weight is 299 g/mol. The fourth-order valence-electron chi connectivity index (χ4n) is 1.31. The number of carbonyl (C=O) groups is 3. The SMILES string of the molecule is C[C@H](NC(=O)c1ccccc1Cl)C(=O)O[C@H](C)C(N)=O. The van der Waals surface area contributed by atoms with E-state index in [1.807, 2.05) is 0 Å². The maximum absolute atomic E-state index is 11.9. The summed E-state index contributed by atoms with van der Waals surface area (Å²) in [6.45, 7) is 2.79. The first kappa shape index (κ1) is 16.0. The number of nitrogens with two attached hydrogens (primary N) is 1. The summed E-state index contributed by atoms with van der Waals surface area (Å²) >= 11 is 5.87. The van der Waals surface area contributed by atoms with E-state index in [2.05, 4.69) is 5.32 Å². The number of hydrogen-bond donors (Lipinski definition) is 2. The van der Waals surface area contributed by atoms with E-state index in [-0.39, 0.29) is 10.6 Å². The molecule has 0 saturated heterocycles. The van der Waals surface area contributed by atoms with Crippen molar-refractivity contribution in [1.29, 1.82) is 0 Å². The predicted octanol–water partition coefficient (Wildman–Crippen LogP) is 0.875. The fraction of sp³-hybridized carbons (Fsp3) is 0.308. The first-order valence-corrected chi connectivity index (χ1v) is 6.26. The summed E-state index contributed by atoms with van der Waals surface area (Å²) in [6, 6.07) is 5.50. The van der Waals surface area contributed by atoms with Crippen molar-refractivity contribution in [2.75, 3.05) is 0 Å². The highest BCUT2D eigenvalue weighted by molar-refractivity contribution is 6.33. The van der Waals surface area contributed by atoms with Gasteiger partial charge in [-0.3, -0.25) is 9.59 Å². The Morgan fingerprint density at radius 2 is 1.85 bits per heavy atom. The Morgan fingerprint density at radius 1 is 1.25 bits per heavy atom. The van der Waals surface area contributed by atoms with Crippen LogP contribution in [0.1, 0.15) is 24.2 Å². The van der Waals surface area contributed by atoms with Crippen LogP contribution in [0.5, 0.6) is 0 Å². The lowest BCUT2D eigenvalue weighted by Crippen LogP contribution is -2.42. The molecule has 3 N–H and O–H groups in total. The molecule has 1 rings (SSSR count). The second kappa shape index (κ2) is 6.91. The summed E-state index contributed by atoms with van der Waals surface area (Å²) in [4.78, 5) is 34.3. The predicted molar refractivity (Wildman–Crippen MR) is 73.1 cm³/mol. The van der Waals surface area contributed by atoms with Gasteiger partial charge in [-0.2, -0.15) is 0 Å². The lowest BCUT2D eigenvalue weighted by molar-refractivity contribution is -0.155. The van der Waals surface area contributed by atoms with E-state index in [0.29, 0.717) is 0 Å². The summed E-state index contributed by atoms with van der Waals surface area (Å²) in [5, 5.41) is 2.71. The number of ether oxygens (including phenoxy) is 1. The average Bonchev–Trinajstić information content (AvgIpc) is 2.38. The third-order valence-corrected chi connectivity index (χ3v) is 2.84. The van der Waals surface area contributed by atoms with Crippen LogP contribution in [-0.4, -0.2) is 29.9 Å². The van der Waals surface area contributed by atoms with Gasteiger partial charge in [0.25, 0.3) is 11.8 Å². The van der Waals surface area contributed by atoms with E-state index in [1.54, 1.807) is 18.2 Å². The molecule has 0 fully saturated rings. The quantitative estimate of drug-likeness (QED) is 0.788. The molecule has 0 heterocycles. The molecule has 0 aromatic heterocycles. The number of hydrogen-bond acceptors (Lipinski definition) is 4. The van der Waals surface area contributed by atoms with Gasteiger partial charge in [-0.15, -0.1) is 0 Å². The number of primary amides is 1. The Hall–Kier alpha value is -2.08. The molecule has 1 aromatic carbocycles. The first-order chi connectivity index (χ1) is 9.32. The van der Waals surface area contributed by atoms with Gasteiger partial charge >= 0.3 is 5.97 Å². The van der Waals surface area contributed by atoms with Gasteiger partial charge in [-0.25, -0.2) is 4.79 Å². The van der Waals surface area contributed by atoms with Crippen molar-refractivity contribution in [3.05, 3.63) is 34.9 Å². The number of benzene rings is 1. The van der Waals surface area contributed by atoms with Crippen molar-refractivity contribution in [2.45, 2.75) is 26.0 Å². The molecule has 108 valence electrons. The zero-order valence-corrected chi connectivity index (χ0v) is 11.8. The van der Waals surface area contributed by atoms with Crippen LogP contribution in [0.4, 0.5) is 0 Å². The molecule has 6 nitrogen and oxygen atoms in total. The summed E-state index contributed by atoms with van der Waals surface area (Å²) in [6.07, 6.45) is -1.05. The number of halogens is 1. The largest absolute Gasteiger partial charge is 0.451 e. The minimum absolute atomic E-state index is 0.247. The molecule has 0 aliphatic heterocycles. The van der Waals surface area contributed by atoms with Crippen molar-refractivity contribution < 1.29 is 19.1 Å². The first-order valence-electron chi connectivity index (χ1n) is 5.88. The van der Waals surface area contributed by atoms with Crippen LogP contribution in [0.25, 0.3) is 0 Å². The van der Waals surface area contributed by atoms with Gasteiger partial charge in [0.2, 0.25) is 0 Å². The van der Waals surface area contributed by atoms with E-state index in [4.69, 9.17) is 22.1 Å². The molecule has 1 aromatic rings. The molecule has 0 radical (unpaired) electrons. The molecule has 0 aliphatic carbocycles. The summed E-state index contributed by atoms with van der Waals surface area (Å²) in [5.41, 5.74) is 5.22. The number of amides is 2. The second-order valence-electron chi connectivity index (χ2n) is 4.16. The van der Waals surface area contributed by atoms with E-state index in [0.717, 1.165) is 0 Å². The van der Waals surface area contributed by atoms with Gasteiger partial charge in [0.15, 0.2) is 6.10 Å². The van der Waals surface area contributed by atoms with Crippen LogP contribution in [0, 0.1) is 0 Å². The van der Waals surface area contributed by atoms with Crippen LogP contribution in [0.15, 0.2) is 24.3 Å². The van der Waals surface area contributed by atoms with Crippen LogP contribution in [0.2, 0.25) is 5.02 Å². The number of esters is 1. The zero-order valence-electron chi connectivity index (χ0n) is 11.1. The smallest absolute Gasteiger partial charge is 0.329 e. The second-order valence-corrected chi connectivity index (χ2v) is 4.56. The highest BCUT2D eigenvalue weighted by Gasteiger charge is 2.22. The van der Waals surface area contributed by atoms with Crippen molar-refractivity contribution >= 4 is 29.4 Å². The monoisotopic (exact) mass is 298 g/mol. The molecule has 0 bridgehead atoms. The van der Waals surface area contributed by atoms with Crippen molar-refractivity contribution in [2.24, 2.45) is 5.73 Å². The highest BCUT2D eigenvalue weighted by atomic mass is 35.5. The van der Waals surface area contributed by atoms with Crippen molar-refractivity contribution in [3.8, 4) is 0 Å². The molecule has 0 aliphatic rings. The maximum atomic E-state index is 11.9. The molecule has 2 amide bonds. The Morgan fingerprint density at radius 3 is 2.40 bits per heavy atom. The van der Waals surface area contributed by atoms with Crippen LogP contribution in [0.3, 0.4) is 0 Å². The minimum atomic E-state index is -1.05.